The summed E-state index contributed by atoms with van der Waals surface area (Å²) in [4.78, 5) is 11.3. The number of carbonyl (C=O) groups is 1. The minimum absolute atomic E-state index is 0.192. The van der Waals surface area contributed by atoms with Crippen molar-refractivity contribution in [2.45, 2.75) is 6.92 Å². The summed E-state index contributed by atoms with van der Waals surface area (Å²) in [5, 5.41) is 0.573. The van der Waals surface area contributed by atoms with Gasteiger partial charge in [-0.15, -0.1) is 0 Å². The molecule has 0 aromatic heterocycles. The summed E-state index contributed by atoms with van der Waals surface area (Å²) in [6.07, 6.45) is 0. The van der Waals surface area contributed by atoms with Gasteiger partial charge in [0.1, 0.15) is 5.52 Å². The Morgan fingerprint density at radius 1 is 1.62 bits per heavy atom. The Kier molecular flexibility index (Phi) is 3.75. The molecule has 0 unspecified atom stereocenters. The Balaban J connectivity index is 3.01. The molecule has 0 radical (unpaired) electrons. The standard InChI is InChI=1S/C9H8BrClO2/c1-6-7(9(12)13-5-10)3-2-4-8(6)11/h2-4H,5H2,1H3. The van der Waals surface area contributed by atoms with E-state index in [2.05, 4.69) is 15.9 Å². The third kappa shape index (κ3) is 2.45. The Labute approximate surface area is 90.0 Å². The maximum atomic E-state index is 11.3. The van der Waals surface area contributed by atoms with Gasteiger partial charge in [0, 0.05) is 5.02 Å². The van der Waals surface area contributed by atoms with Gasteiger partial charge < -0.3 is 4.74 Å². The summed E-state index contributed by atoms with van der Waals surface area (Å²) in [5.74, 6) is -0.364. The van der Waals surface area contributed by atoms with Crippen LogP contribution in [0.5, 0.6) is 0 Å². The van der Waals surface area contributed by atoms with Crippen molar-refractivity contribution in [1.82, 2.24) is 0 Å². The SMILES string of the molecule is Cc1c(Cl)cccc1C(=O)OCBr. The van der Waals surface area contributed by atoms with Gasteiger partial charge in [-0.05, 0) is 40.5 Å². The van der Waals surface area contributed by atoms with Crippen molar-refractivity contribution in [1.29, 1.82) is 0 Å². The van der Waals surface area contributed by atoms with Gasteiger partial charge in [0.15, 0.2) is 0 Å². The van der Waals surface area contributed by atoms with Gasteiger partial charge in [0.25, 0.3) is 0 Å². The number of ether oxygens (including phenoxy) is 1. The van der Waals surface area contributed by atoms with Crippen molar-refractivity contribution >= 4 is 33.5 Å². The Morgan fingerprint density at radius 2 is 2.31 bits per heavy atom. The first-order valence-corrected chi connectivity index (χ1v) is 5.15. The summed E-state index contributed by atoms with van der Waals surface area (Å²) in [6.45, 7) is 1.78. The molecule has 0 heterocycles. The number of hydrogen-bond acceptors (Lipinski definition) is 2. The topological polar surface area (TPSA) is 26.3 Å². The minimum Gasteiger partial charge on any atom is -0.450 e. The van der Waals surface area contributed by atoms with Crippen LogP contribution in [-0.4, -0.2) is 11.5 Å². The van der Waals surface area contributed by atoms with Crippen LogP contribution < -0.4 is 0 Å². The highest BCUT2D eigenvalue weighted by Gasteiger charge is 2.10. The number of alkyl halides is 1. The smallest absolute Gasteiger partial charge is 0.339 e. The molecule has 70 valence electrons. The molecule has 4 heteroatoms. The van der Waals surface area contributed by atoms with E-state index < -0.39 is 0 Å². The van der Waals surface area contributed by atoms with Gasteiger partial charge in [0.2, 0.25) is 0 Å². The first kappa shape index (κ1) is 10.5. The lowest BCUT2D eigenvalue weighted by atomic mass is 10.1. The molecule has 0 amide bonds. The fourth-order valence-electron chi connectivity index (χ4n) is 0.956. The third-order valence-electron chi connectivity index (χ3n) is 1.67. The van der Waals surface area contributed by atoms with Crippen LogP contribution in [0.3, 0.4) is 0 Å². The fourth-order valence-corrected chi connectivity index (χ4v) is 1.34. The number of hydrogen-bond donors (Lipinski definition) is 0. The van der Waals surface area contributed by atoms with Gasteiger partial charge in [-0.25, -0.2) is 4.79 Å². The van der Waals surface area contributed by atoms with Crippen molar-refractivity contribution in [2.24, 2.45) is 0 Å². The lowest BCUT2D eigenvalue weighted by molar-refractivity contribution is 0.0583. The molecule has 0 saturated carbocycles. The minimum atomic E-state index is -0.364. The van der Waals surface area contributed by atoms with Crippen LogP contribution in [0.15, 0.2) is 18.2 Å². The third-order valence-corrected chi connectivity index (χ3v) is 2.31. The Bertz CT molecular complexity index is 325. The van der Waals surface area contributed by atoms with Crippen LogP contribution in [0.1, 0.15) is 15.9 Å². The highest BCUT2D eigenvalue weighted by atomic mass is 79.9. The molecule has 1 rings (SSSR count). The van der Waals surface area contributed by atoms with E-state index in [1.165, 1.54) is 0 Å². The molecule has 13 heavy (non-hydrogen) atoms. The fraction of sp³-hybridized carbons (Fsp3) is 0.222. The molecular weight excluding hydrogens is 255 g/mol. The predicted octanol–water partition coefficient (Wildman–Crippen LogP) is 3.16. The van der Waals surface area contributed by atoms with E-state index >= 15 is 0 Å². The summed E-state index contributed by atoms with van der Waals surface area (Å²) in [7, 11) is 0. The van der Waals surface area contributed by atoms with Crippen LogP contribution in [0, 0.1) is 6.92 Å². The molecule has 0 aliphatic carbocycles. The molecule has 0 aliphatic heterocycles. The molecule has 0 bridgehead atoms. The predicted molar refractivity (Wildman–Crippen MR) is 55.4 cm³/mol. The van der Waals surface area contributed by atoms with E-state index in [1.54, 1.807) is 25.1 Å². The molecule has 2 nitrogen and oxygen atoms in total. The van der Waals surface area contributed by atoms with Crippen molar-refractivity contribution < 1.29 is 9.53 Å². The molecule has 0 spiro atoms. The summed E-state index contributed by atoms with van der Waals surface area (Å²) in [6, 6.07) is 5.15. The van der Waals surface area contributed by atoms with Gasteiger partial charge in [-0.3, -0.25) is 0 Å². The zero-order chi connectivity index (χ0) is 9.84. The maximum Gasteiger partial charge on any atom is 0.339 e. The summed E-state index contributed by atoms with van der Waals surface area (Å²) >= 11 is 8.85. The number of benzene rings is 1. The van der Waals surface area contributed by atoms with Crippen LogP contribution in [-0.2, 0) is 4.74 Å². The molecule has 0 aliphatic rings. The lowest BCUT2D eigenvalue weighted by Crippen LogP contribution is -2.05. The molecule has 0 fully saturated rings. The lowest BCUT2D eigenvalue weighted by Gasteiger charge is -2.05. The van der Waals surface area contributed by atoms with Crippen molar-refractivity contribution in [3.63, 3.8) is 0 Å². The quantitative estimate of drug-likeness (QED) is 0.605. The van der Waals surface area contributed by atoms with E-state index in [0.29, 0.717) is 10.6 Å². The van der Waals surface area contributed by atoms with Gasteiger partial charge in [-0.1, -0.05) is 17.7 Å². The number of esters is 1. The van der Waals surface area contributed by atoms with Crippen molar-refractivity contribution in [2.75, 3.05) is 5.52 Å². The second-order valence-electron chi connectivity index (χ2n) is 2.45. The summed E-state index contributed by atoms with van der Waals surface area (Å²) in [5.41, 5.74) is 1.44. The maximum absolute atomic E-state index is 11.3. The Hall–Kier alpha value is -0.540. The van der Waals surface area contributed by atoms with E-state index in [1.807, 2.05) is 0 Å². The van der Waals surface area contributed by atoms with Crippen molar-refractivity contribution in [3.05, 3.63) is 34.3 Å². The first-order chi connectivity index (χ1) is 6.16. The molecule has 0 N–H and O–H groups in total. The number of rotatable bonds is 2. The highest BCUT2D eigenvalue weighted by molar-refractivity contribution is 9.09. The van der Waals surface area contributed by atoms with Crippen LogP contribution in [0.4, 0.5) is 0 Å². The number of carbonyl (C=O) groups excluding carboxylic acids is 1. The first-order valence-electron chi connectivity index (χ1n) is 3.65. The highest BCUT2D eigenvalue weighted by Crippen LogP contribution is 2.19. The second-order valence-corrected chi connectivity index (χ2v) is 3.32. The zero-order valence-corrected chi connectivity index (χ0v) is 9.35. The Morgan fingerprint density at radius 3 is 2.92 bits per heavy atom. The molecular formula is C9H8BrClO2. The molecule has 1 aromatic rings. The monoisotopic (exact) mass is 262 g/mol. The van der Waals surface area contributed by atoms with E-state index in [0.717, 1.165) is 5.56 Å². The summed E-state index contributed by atoms with van der Waals surface area (Å²) < 4.78 is 4.78. The van der Waals surface area contributed by atoms with Crippen molar-refractivity contribution in [3.8, 4) is 0 Å². The largest absolute Gasteiger partial charge is 0.450 e. The average molecular weight is 264 g/mol. The van der Waals surface area contributed by atoms with Crippen LogP contribution >= 0.6 is 27.5 Å². The van der Waals surface area contributed by atoms with Crippen LogP contribution in [0.2, 0.25) is 5.02 Å². The zero-order valence-electron chi connectivity index (χ0n) is 7.01. The normalized spacial score (nSPS) is 9.77. The average Bonchev–Trinajstić information content (AvgIpc) is 2.10. The van der Waals surface area contributed by atoms with Gasteiger partial charge in [-0.2, -0.15) is 0 Å². The van der Waals surface area contributed by atoms with E-state index in [9.17, 15) is 4.79 Å². The van der Waals surface area contributed by atoms with Crippen LogP contribution in [0.25, 0.3) is 0 Å². The second kappa shape index (κ2) is 4.63. The number of halogens is 2. The van der Waals surface area contributed by atoms with Gasteiger partial charge >= 0.3 is 5.97 Å². The van der Waals surface area contributed by atoms with E-state index in [4.69, 9.17) is 16.3 Å². The molecule has 0 saturated heterocycles. The molecule has 0 atom stereocenters. The molecule has 1 aromatic carbocycles. The van der Waals surface area contributed by atoms with E-state index in [-0.39, 0.29) is 11.5 Å². The van der Waals surface area contributed by atoms with Gasteiger partial charge in [0.05, 0.1) is 5.56 Å².